The zero-order valence-corrected chi connectivity index (χ0v) is 14.0. The summed E-state index contributed by atoms with van der Waals surface area (Å²) >= 11 is 3.02. The molecule has 0 aliphatic heterocycles. The molecular weight excluding hydrogens is 326 g/mol. The summed E-state index contributed by atoms with van der Waals surface area (Å²) in [5.74, 6) is 1.24. The van der Waals surface area contributed by atoms with Crippen LogP contribution in [0.25, 0.3) is 10.7 Å². The minimum absolute atomic E-state index is 0.0847. The molecule has 3 aromatic rings. The average molecular weight is 341 g/mol. The molecule has 0 N–H and O–H groups in total. The number of allylic oxidation sites excluding steroid dienone is 1. The van der Waals surface area contributed by atoms with Gasteiger partial charge in [0.15, 0.2) is 16.8 Å². The van der Waals surface area contributed by atoms with Crippen molar-refractivity contribution in [2.45, 2.75) is 11.7 Å². The molecular formula is C17H15N3OS2. The van der Waals surface area contributed by atoms with Gasteiger partial charge in [0.2, 0.25) is 0 Å². The number of ketones is 1. The highest BCUT2D eigenvalue weighted by atomic mass is 32.2. The fourth-order valence-corrected chi connectivity index (χ4v) is 3.67. The molecule has 6 heteroatoms. The van der Waals surface area contributed by atoms with Crippen molar-refractivity contribution >= 4 is 28.9 Å². The van der Waals surface area contributed by atoms with E-state index >= 15 is 0 Å². The Balaban J connectivity index is 1.78. The number of rotatable bonds is 7. The normalized spacial score (nSPS) is 10.6. The van der Waals surface area contributed by atoms with Crippen molar-refractivity contribution in [3.63, 3.8) is 0 Å². The molecule has 4 nitrogen and oxygen atoms in total. The predicted molar refractivity (Wildman–Crippen MR) is 95.0 cm³/mol. The molecule has 2 aromatic heterocycles. The van der Waals surface area contributed by atoms with Crippen LogP contribution >= 0.6 is 23.1 Å². The molecule has 1 aromatic carbocycles. The quantitative estimate of drug-likeness (QED) is 0.368. The first-order chi connectivity index (χ1) is 11.3. The van der Waals surface area contributed by atoms with E-state index in [9.17, 15) is 4.79 Å². The molecule has 0 bridgehead atoms. The number of benzene rings is 1. The molecule has 0 fully saturated rings. The summed E-state index contributed by atoms with van der Waals surface area (Å²) in [7, 11) is 0. The van der Waals surface area contributed by atoms with E-state index in [0.29, 0.717) is 17.9 Å². The topological polar surface area (TPSA) is 47.8 Å². The summed E-state index contributed by atoms with van der Waals surface area (Å²) < 4.78 is 1.99. The third-order valence-corrected chi connectivity index (χ3v) is 5.03. The van der Waals surface area contributed by atoms with Gasteiger partial charge in [-0.15, -0.1) is 28.1 Å². The maximum atomic E-state index is 12.2. The number of hydrogen-bond donors (Lipinski definition) is 0. The second kappa shape index (κ2) is 7.39. The van der Waals surface area contributed by atoms with Crippen LogP contribution in [0.15, 0.2) is 65.7 Å². The maximum absolute atomic E-state index is 12.2. The number of aromatic nitrogens is 3. The first kappa shape index (κ1) is 15.7. The molecule has 0 aliphatic rings. The largest absolute Gasteiger partial charge is 0.297 e. The summed E-state index contributed by atoms with van der Waals surface area (Å²) in [5, 5.41) is 11.3. The van der Waals surface area contributed by atoms with Crippen LogP contribution < -0.4 is 0 Å². The smallest absolute Gasteiger partial charge is 0.192 e. The zero-order chi connectivity index (χ0) is 16.1. The van der Waals surface area contributed by atoms with Gasteiger partial charge in [-0.05, 0) is 11.4 Å². The van der Waals surface area contributed by atoms with E-state index in [0.717, 1.165) is 15.9 Å². The van der Waals surface area contributed by atoms with E-state index in [2.05, 4.69) is 16.8 Å². The summed E-state index contributed by atoms with van der Waals surface area (Å²) in [4.78, 5) is 13.3. The number of thioether (sulfide) groups is 1. The van der Waals surface area contributed by atoms with Crippen LogP contribution in [0.2, 0.25) is 0 Å². The molecule has 2 heterocycles. The lowest BCUT2D eigenvalue weighted by atomic mass is 10.2. The van der Waals surface area contributed by atoms with Gasteiger partial charge < -0.3 is 0 Å². The Bertz CT molecular complexity index is 795. The summed E-state index contributed by atoms with van der Waals surface area (Å²) in [5.41, 5.74) is 0.716. The average Bonchev–Trinajstić information content (AvgIpc) is 3.23. The molecule has 0 unspecified atom stereocenters. The van der Waals surface area contributed by atoms with Crippen molar-refractivity contribution in [3.8, 4) is 10.7 Å². The van der Waals surface area contributed by atoms with Crippen LogP contribution in [0.3, 0.4) is 0 Å². The van der Waals surface area contributed by atoms with Crippen molar-refractivity contribution in [2.24, 2.45) is 0 Å². The predicted octanol–water partition coefficient (Wildman–Crippen LogP) is 4.17. The van der Waals surface area contributed by atoms with Gasteiger partial charge in [0, 0.05) is 12.1 Å². The molecule has 0 saturated heterocycles. The number of Topliss-reactive ketones (excluding diaryl/α,β-unsaturated/α-hetero) is 1. The maximum Gasteiger partial charge on any atom is 0.192 e. The van der Waals surface area contributed by atoms with Gasteiger partial charge in [0.05, 0.1) is 10.6 Å². The van der Waals surface area contributed by atoms with E-state index in [1.54, 1.807) is 11.3 Å². The van der Waals surface area contributed by atoms with Crippen molar-refractivity contribution in [3.05, 3.63) is 66.1 Å². The standard InChI is InChI=1S/C17H15N3OS2/c1-2-10-20-16(15-9-6-11-22-15)18-19-17(20)23-12-14(21)13-7-4-3-5-8-13/h2-9,11H,1,10,12H2. The van der Waals surface area contributed by atoms with E-state index < -0.39 is 0 Å². The molecule has 0 spiro atoms. The van der Waals surface area contributed by atoms with Crippen LogP contribution in [0, 0.1) is 0 Å². The van der Waals surface area contributed by atoms with Crippen LogP contribution in [-0.2, 0) is 6.54 Å². The van der Waals surface area contributed by atoms with Gasteiger partial charge in [-0.1, -0.05) is 54.2 Å². The summed E-state index contributed by atoms with van der Waals surface area (Å²) in [6.45, 7) is 4.41. The molecule has 0 radical (unpaired) electrons. The molecule has 116 valence electrons. The highest BCUT2D eigenvalue weighted by Crippen LogP contribution is 2.27. The van der Waals surface area contributed by atoms with Gasteiger partial charge in [0.25, 0.3) is 0 Å². The Hall–Kier alpha value is -2.18. The van der Waals surface area contributed by atoms with E-state index in [-0.39, 0.29) is 5.78 Å². The molecule has 23 heavy (non-hydrogen) atoms. The minimum atomic E-state index is 0.0847. The van der Waals surface area contributed by atoms with E-state index in [4.69, 9.17) is 0 Å². The second-order valence-corrected chi connectivity index (χ2v) is 6.65. The van der Waals surface area contributed by atoms with E-state index in [1.807, 2.05) is 58.5 Å². The van der Waals surface area contributed by atoms with Crippen molar-refractivity contribution in [2.75, 3.05) is 5.75 Å². The first-order valence-electron chi connectivity index (χ1n) is 7.08. The van der Waals surface area contributed by atoms with Crippen molar-refractivity contribution in [1.82, 2.24) is 14.8 Å². The van der Waals surface area contributed by atoms with Gasteiger partial charge >= 0.3 is 0 Å². The Morgan fingerprint density at radius 3 is 2.74 bits per heavy atom. The van der Waals surface area contributed by atoms with E-state index in [1.165, 1.54) is 11.8 Å². The number of nitrogens with zero attached hydrogens (tertiary/aromatic N) is 3. The Morgan fingerprint density at radius 2 is 2.04 bits per heavy atom. The lowest BCUT2D eigenvalue weighted by Gasteiger charge is -2.06. The highest BCUT2D eigenvalue weighted by Gasteiger charge is 2.15. The highest BCUT2D eigenvalue weighted by molar-refractivity contribution is 7.99. The molecule has 0 atom stereocenters. The lowest BCUT2D eigenvalue weighted by molar-refractivity contribution is 0.102. The lowest BCUT2D eigenvalue weighted by Crippen LogP contribution is -2.05. The minimum Gasteiger partial charge on any atom is -0.297 e. The van der Waals surface area contributed by atoms with Gasteiger partial charge in [-0.2, -0.15) is 0 Å². The van der Waals surface area contributed by atoms with Crippen LogP contribution in [0.4, 0.5) is 0 Å². The Morgan fingerprint density at radius 1 is 1.22 bits per heavy atom. The Labute approximate surface area is 142 Å². The van der Waals surface area contributed by atoms with Gasteiger partial charge in [0.1, 0.15) is 0 Å². The third kappa shape index (κ3) is 3.60. The van der Waals surface area contributed by atoms with Crippen molar-refractivity contribution < 1.29 is 4.79 Å². The van der Waals surface area contributed by atoms with Gasteiger partial charge in [-0.25, -0.2) is 0 Å². The third-order valence-electron chi connectivity index (χ3n) is 3.20. The number of carbonyl (C=O) groups excluding carboxylic acids is 1. The molecule has 0 saturated carbocycles. The zero-order valence-electron chi connectivity index (χ0n) is 12.4. The number of thiophene rings is 1. The fraction of sp³-hybridized carbons (Fsp3) is 0.118. The molecule has 3 rings (SSSR count). The Kier molecular flexibility index (Phi) is 5.05. The summed E-state index contributed by atoms with van der Waals surface area (Å²) in [6, 6.07) is 13.3. The van der Waals surface area contributed by atoms with Crippen LogP contribution in [0.5, 0.6) is 0 Å². The number of hydrogen-bond acceptors (Lipinski definition) is 5. The summed E-state index contributed by atoms with van der Waals surface area (Å²) in [6.07, 6.45) is 1.81. The SMILES string of the molecule is C=CCn1c(SCC(=O)c2ccccc2)nnc1-c1cccs1. The monoisotopic (exact) mass is 341 g/mol. The second-order valence-electron chi connectivity index (χ2n) is 4.76. The van der Waals surface area contributed by atoms with Gasteiger partial charge in [-0.3, -0.25) is 9.36 Å². The fourth-order valence-electron chi connectivity index (χ4n) is 2.11. The van der Waals surface area contributed by atoms with Crippen LogP contribution in [0.1, 0.15) is 10.4 Å². The first-order valence-corrected chi connectivity index (χ1v) is 8.95. The van der Waals surface area contributed by atoms with Crippen LogP contribution in [-0.4, -0.2) is 26.3 Å². The van der Waals surface area contributed by atoms with Crippen molar-refractivity contribution in [1.29, 1.82) is 0 Å². The number of carbonyl (C=O) groups is 1. The molecule has 0 aliphatic carbocycles. The molecule has 0 amide bonds.